The van der Waals surface area contributed by atoms with E-state index in [1.165, 1.54) is 23.1 Å². The number of alkyl halides is 1. The lowest BCUT2D eigenvalue weighted by atomic mass is 9.97. The van der Waals surface area contributed by atoms with E-state index in [-0.39, 0.29) is 23.8 Å². The molecule has 0 bridgehead atoms. The normalized spacial score (nSPS) is 13.0. The second-order valence-electron chi connectivity index (χ2n) is 7.16. The fourth-order valence-electron chi connectivity index (χ4n) is 3.96. The average molecular weight is 419 g/mol. The predicted molar refractivity (Wildman–Crippen MR) is 107 cm³/mol. The van der Waals surface area contributed by atoms with E-state index in [0.29, 0.717) is 34.9 Å². The molecule has 3 aromatic rings. The summed E-state index contributed by atoms with van der Waals surface area (Å²) in [5.74, 6) is -2.74. The number of benzene rings is 2. The Morgan fingerprint density at radius 1 is 1.10 bits per heavy atom. The highest BCUT2D eigenvalue weighted by Crippen LogP contribution is 2.33. The van der Waals surface area contributed by atoms with Crippen molar-refractivity contribution in [3.05, 3.63) is 70.0 Å². The first-order valence-electron chi connectivity index (χ1n) is 9.31. The largest absolute Gasteiger partial charge is 0.291 e. The molecular weight excluding hydrogens is 401 g/mol. The Bertz CT molecular complexity index is 1130. The maximum atomic E-state index is 14.9. The number of fused-ring (bicyclic) bond motifs is 2. The lowest BCUT2D eigenvalue weighted by molar-refractivity contribution is -0.116. The Balaban J connectivity index is 1.79. The van der Waals surface area contributed by atoms with Crippen LogP contribution in [0.4, 0.5) is 19.0 Å². The highest BCUT2D eigenvalue weighted by atomic mass is 35.5. The van der Waals surface area contributed by atoms with Crippen LogP contribution in [0, 0.1) is 24.4 Å². The Morgan fingerprint density at radius 2 is 1.86 bits per heavy atom. The van der Waals surface area contributed by atoms with Gasteiger partial charge in [-0.1, -0.05) is 0 Å². The molecule has 0 radical (unpaired) electrons. The van der Waals surface area contributed by atoms with E-state index in [4.69, 9.17) is 11.6 Å². The molecule has 0 saturated carbocycles. The third-order valence-electron chi connectivity index (χ3n) is 5.49. The number of pyridine rings is 1. The van der Waals surface area contributed by atoms with E-state index in [1.54, 1.807) is 19.1 Å². The summed E-state index contributed by atoms with van der Waals surface area (Å²) in [5, 5.41) is 0.568. The molecule has 1 aliphatic carbocycles. The number of anilines is 1. The second kappa shape index (κ2) is 7.67. The molecule has 0 N–H and O–H groups in total. The molecule has 7 heteroatoms. The fourth-order valence-corrected chi connectivity index (χ4v) is 4.11. The minimum absolute atomic E-state index is 0.127. The van der Waals surface area contributed by atoms with Crippen molar-refractivity contribution in [2.24, 2.45) is 0 Å². The summed E-state index contributed by atoms with van der Waals surface area (Å²) in [6.45, 7) is 1.56. The van der Waals surface area contributed by atoms with Gasteiger partial charge in [0.05, 0.1) is 12.1 Å². The van der Waals surface area contributed by atoms with Crippen LogP contribution in [0.15, 0.2) is 30.3 Å². The molecule has 0 saturated heterocycles. The van der Waals surface area contributed by atoms with Gasteiger partial charge in [0.1, 0.15) is 17.5 Å². The van der Waals surface area contributed by atoms with Gasteiger partial charge in [-0.15, -0.1) is 11.6 Å². The van der Waals surface area contributed by atoms with Crippen molar-refractivity contribution in [3.8, 4) is 0 Å². The first-order valence-corrected chi connectivity index (χ1v) is 9.85. The molecule has 0 unspecified atom stereocenters. The zero-order chi connectivity index (χ0) is 20.7. The SMILES string of the molecule is Cc1c(CN(C(=O)CCl)c2ccc3cc(F)ccc3n2)c(F)c(F)c2c1CCC2. The molecule has 2 aromatic carbocycles. The summed E-state index contributed by atoms with van der Waals surface area (Å²) in [7, 11) is 0. The summed E-state index contributed by atoms with van der Waals surface area (Å²) in [4.78, 5) is 18.2. The van der Waals surface area contributed by atoms with Crippen molar-refractivity contribution >= 4 is 34.2 Å². The van der Waals surface area contributed by atoms with E-state index in [2.05, 4.69) is 4.98 Å². The van der Waals surface area contributed by atoms with Crippen LogP contribution >= 0.6 is 11.6 Å². The standard InChI is InChI=1S/C22H18ClF3N2O/c1-12-15-3-2-4-16(15)21(25)22(26)17(12)11-28(20(29)10-23)19-8-5-13-9-14(24)6-7-18(13)27-19/h5-9H,2-4,10-11H2,1H3. The van der Waals surface area contributed by atoms with Gasteiger partial charge in [0, 0.05) is 10.9 Å². The molecule has 1 aromatic heterocycles. The summed E-state index contributed by atoms with van der Waals surface area (Å²) in [6.07, 6.45) is 1.99. The Morgan fingerprint density at radius 3 is 2.62 bits per heavy atom. The number of carbonyl (C=O) groups excluding carboxylic acids is 1. The third-order valence-corrected chi connectivity index (χ3v) is 5.72. The molecular formula is C22H18ClF3N2O. The van der Waals surface area contributed by atoms with Crippen molar-refractivity contribution in [1.82, 2.24) is 4.98 Å². The van der Waals surface area contributed by atoms with Gasteiger partial charge >= 0.3 is 0 Å². The minimum Gasteiger partial charge on any atom is -0.291 e. The molecule has 0 spiro atoms. The first-order chi connectivity index (χ1) is 13.9. The van der Waals surface area contributed by atoms with E-state index >= 15 is 0 Å². The van der Waals surface area contributed by atoms with Crippen LogP contribution in [0.2, 0.25) is 0 Å². The molecule has 4 rings (SSSR count). The zero-order valence-electron chi connectivity index (χ0n) is 15.7. The maximum absolute atomic E-state index is 14.9. The summed E-state index contributed by atoms with van der Waals surface area (Å²) in [5.41, 5.74) is 2.52. The van der Waals surface area contributed by atoms with Crippen LogP contribution in [0.5, 0.6) is 0 Å². The van der Waals surface area contributed by atoms with Crippen LogP contribution in [0.25, 0.3) is 10.9 Å². The monoisotopic (exact) mass is 418 g/mol. The van der Waals surface area contributed by atoms with Gasteiger partial charge in [-0.05, 0) is 73.2 Å². The topological polar surface area (TPSA) is 33.2 Å². The van der Waals surface area contributed by atoms with Gasteiger partial charge in [0.2, 0.25) is 5.91 Å². The van der Waals surface area contributed by atoms with Crippen LogP contribution < -0.4 is 4.90 Å². The fraction of sp³-hybridized carbons (Fsp3) is 0.273. The highest BCUT2D eigenvalue weighted by molar-refractivity contribution is 6.29. The molecule has 29 heavy (non-hydrogen) atoms. The lowest BCUT2D eigenvalue weighted by Crippen LogP contribution is -2.33. The molecule has 1 heterocycles. The van der Waals surface area contributed by atoms with Crippen molar-refractivity contribution in [2.45, 2.75) is 32.7 Å². The lowest BCUT2D eigenvalue weighted by Gasteiger charge is -2.24. The molecule has 150 valence electrons. The highest BCUT2D eigenvalue weighted by Gasteiger charge is 2.28. The summed E-state index contributed by atoms with van der Waals surface area (Å²) in [6, 6.07) is 7.27. The van der Waals surface area contributed by atoms with Crippen molar-refractivity contribution < 1.29 is 18.0 Å². The van der Waals surface area contributed by atoms with Crippen LogP contribution in [-0.2, 0) is 24.2 Å². The van der Waals surface area contributed by atoms with Gasteiger partial charge in [-0.3, -0.25) is 9.69 Å². The molecule has 0 atom stereocenters. The predicted octanol–water partition coefficient (Wildman–Crippen LogP) is 5.22. The van der Waals surface area contributed by atoms with Gasteiger partial charge < -0.3 is 0 Å². The molecule has 3 nitrogen and oxygen atoms in total. The zero-order valence-corrected chi connectivity index (χ0v) is 16.5. The molecule has 1 aliphatic rings. The third kappa shape index (κ3) is 3.46. The Labute approximate surface area is 171 Å². The van der Waals surface area contributed by atoms with E-state index in [1.807, 2.05) is 0 Å². The first kappa shape index (κ1) is 19.7. The number of hydrogen-bond donors (Lipinski definition) is 0. The number of hydrogen-bond acceptors (Lipinski definition) is 2. The number of halogens is 4. The number of rotatable bonds is 4. The van der Waals surface area contributed by atoms with Crippen LogP contribution in [-0.4, -0.2) is 16.8 Å². The van der Waals surface area contributed by atoms with Gasteiger partial charge in [0.15, 0.2) is 11.6 Å². The quantitative estimate of drug-likeness (QED) is 0.544. The van der Waals surface area contributed by atoms with Gasteiger partial charge in [-0.25, -0.2) is 18.2 Å². The van der Waals surface area contributed by atoms with Crippen LogP contribution in [0.3, 0.4) is 0 Å². The van der Waals surface area contributed by atoms with E-state index in [0.717, 1.165) is 12.0 Å². The second-order valence-corrected chi connectivity index (χ2v) is 7.43. The Kier molecular flexibility index (Phi) is 5.21. The van der Waals surface area contributed by atoms with Gasteiger partial charge in [0.25, 0.3) is 0 Å². The Hall–Kier alpha value is -2.60. The number of amides is 1. The molecule has 1 amide bonds. The maximum Gasteiger partial charge on any atom is 0.243 e. The summed E-state index contributed by atoms with van der Waals surface area (Å²) >= 11 is 5.77. The minimum atomic E-state index is -0.932. The van der Waals surface area contributed by atoms with Crippen LogP contribution in [0.1, 0.15) is 28.7 Å². The van der Waals surface area contributed by atoms with Crippen molar-refractivity contribution in [3.63, 3.8) is 0 Å². The van der Waals surface area contributed by atoms with Crippen molar-refractivity contribution in [1.29, 1.82) is 0 Å². The molecule has 0 fully saturated rings. The summed E-state index contributed by atoms with van der Waals surface area (Å²) < 4.78 is 42.8. The number of nitrogens with zero attached hydrogens (tertiary/aromatic N) is 2. The average Bonchev–Trinajstić information content (AvgIpc) is 3.22. The number of carbonyl (C=O) groups is 1. The van der Waals surface area contributed by atoms with E-state index < -0.39 is 23.4 Å². The van der Waals surface area contributed by atoms with E-state index in [9.17, 15) is 18.0 Å². The molecule has 0 aliphatic heterocycles. The number of aromatic nitrogens is 1. The van der Waals surface area contributed by atoms with Gasteiger partial charge in [-0.2, -0.15) is 0 Å². The van der Waals surface area contributed by atoms with Crippen molar-refractivity contribution in [2.75, 3.05) is 10.8 Å². The smallest absolute Gasteiger partial charge is 0.243 e.